The highest BCUT2D eigenvalue weighted by Crippen LogP contribution is 2.01. The lowest BCUT2D eigenvalue weighted by molar-refractivity contribution is -0.274. The first-order valence-electron chi connectivity index (χ1n) is 7.57. The van der Waals surface area contributed by atoms with Crippen molar-refractivity contribution in [2.45, 2.75) is 26.1 Å². The van der Waals surface area contributed by atoms with Crippen molar-refractivity contribution >= 4 is 5.97 Å². The molecule has 0 spiro atoms. The Hall–Kier alpha value is -0.840. The van der Waals surface area contributed by atoms with E-state index in [0.29, 0.717) is 46.2 Å². The van der Waals surface area contributed by atoms with E-state index in [1.54, 1.807) is 6.92 Å². The number of rotatable bonds is 16. The van der Waals surface area contributed by atoms with Crippen molar-refractivity contribution in [3.05, 3.63) is 0 Å². The van der Waals surface area contributed by atoms with Gasteiger partial charge in [-0.25, -0.2) is 9.18 Å². The van der Waals surface area contributed by atoms with Gasteiger partial charge < -0.3 is 24.7 Å². The molecule has 0 saturated carbocycles. The molecule has 2 atom stereocenters. The van der Waals surface area contributed by atoms with E-state index >= 15 is 0 Å². The van der Waals surface area contributed by atoms with E-state index < -0.39 is 18.2 Å². The third-order valence-electron chi connectivity index (χ3n) is 2.57. The van der Waals surface area contributed by atoms with Gasteiger partial charge in [-0.3, -0.25) is 4.89 Å². The topological polar surface area (TPSA) is 98.5 Å². The summed E-state index contributed by atoms with van der Waals surface area (Å²) < 4.78 is 34.0. The van der Waals surface area contributed by atoms with Crippen LogP contribution in [0.3, 0.4) is 0 Å². The molecular weight excluding hydrogens is 313 g/mol. The Bertz CT molecular complexity index is 284. The van der Waals surface area contributed by atoms with Crippen LogP contribution in [0.25, 0.3) is 0 Å². The van der Waals surface area contributed by atoms with Crippen LogP contribution in [0.15, 0.2) is 0 Å². The summed E-state index contributed by atoms with van der Waals surface area (Å²) in [6.07, 6.45) is -1.68. The van der Waals surface area contributed by atoms with E-state index in [9.17, 15) is 9.18 Å². The van der Waals surface area contributed by atoms with Crippen molar-refractivity contribution in [2.24, 2.45) is 5.73 Å². The summed E-state index contributed by atoms with van der Waals surface area (Å²) in [6.45, 7) is 5.67. The Morgan fingerprint density at radius 3 is 1.91 bits per heavy atom. The number of ether oxygens (including phenoxy) is 4. The molecule has 9 heteroatoms. The van der Waals surface area contributed by atoms with Gasteiger partial charge in [0.2, 0.25) is 0 Å². The Morgan fingerprint density at radius 1 is 0.957 bits per heavy atom. The molecule has 0 heterocycles. The fourth-order valence-electron chi connectivity index (χ4n) is 1.35. The zero-order valence-electron chi connectivity index (χ0n) is 13.8. The van der Waals surface area contributed by atoms with Crippen molar-refractivity contribution in [3.63, 3.8) is 0 Å². The molecular formula is C14H28FNO7. The standard InChI is InChI=1S/C14H28FNO7/c1-12(14(15)11-16)21-9-7-19-5-3-18-4-6-20-8-10-22-23-13(2)17/h12,14H,3-11,16H2,1-2H3. The maximum absolute atomic E-state index is 13.1. The maximum Gasteiger partial charge on any atom is 0.339 e. The number of nitrogens with two attached hydrogens (primary N) is 1. The second kappa shape index (κ2) is 16.0. The number of hydrogen-bond acceptors (Lipinski definition) is 8. The summed E-state index contributed by atoms with van der Waals surface area (Å²) in [7, 11) is 0. The van der Waals surface area contributed by atoms with E-state index in [2.05, 4.69) is 9.78 Å². The van der Waals surface area contributed by atoms with Crippen LogP contribution >= 0.6 is 0 Å². The van der Waals surface area contributed by atoms with Crippen molar-refractivity contribution < 1.29 is 37.9 Å². The highest BCUT2D eigenvalue weighted by molar-refractivity contribution is 5.65. The van der Waals surface area contributed by atoms with Crippen molar-refractivity contribution in [2.75, 3.05) is 59.4 Å². The van der Waals surface area contributed by atoms with E-state index in [1.807, 2.05) is 0 Å². The van der Waals surface area contributed by atoms with Crippen molar-refractivity contribution in [1.29, 1.82) is 0 Å². The first kappa shape index (κ1) is 22.2. The van der Waals surface area contributed by atoms with Gasteiger partial charge in [0, 0.05) is 13.5 Å². The molecule has 0 saturated heterocycles. The second-order valence-corrected chi connectivity index (χ2v) is 4.56. The molecule has 138 valence electrons. The predicted molar refractivity (Wildman–Crippen MR) is 79.5 cm³/mol. The molecule has 2 unspecified atom stereocenters. The van der Waals surface area contributed by atoms with Gasteiger partial charge in [-0.05, 0) is 6.92 Å². The smallest absolute Gasteiger partial charge is 0.339 e. The molecule has 0 aromatic rings. The largest absolute Gasteiger partial charge is 0.377 e. The van der Waals surface area contributed by atoms with Crippen LogP contribution in [-0.4, -0.2) is 77.6 Å². The number of alkyl halides is 1. The molecule has 0 bridgehead atoms. The molecule has 0 fully saturated rings. The highest BCUT2D eigenvalue weighted by Gasteiger charge is 2.14. The summed E-state index contributed by atoms with van der Waals surface area (Å²) in [5.41, 5.74) is 5.19. The summed E-state index contributed by atoms with van der Waals surface area (Å²) in [4.78, 5) is 19.2. The molecule has 0 aromatic heterocycles. The third-order valence-corrected chi connectivity index (χ3v) is 2.57. The van der Waals surface area contributed by atoms with Crippen LogP contribution in [-0.2, 0) is 33.5 Å². The Morgan fingerprint density at radius 2 is 1.43 bits per heavy atom. The molecule has 0 aliphatic carbocycles. The average Bonchev–Trinajstić information content (AvgIpc) is 2.53. The average molecular weight is 341 g/mol. The lowest BCUT2D eigenvalue weighted by Crippen LogP contribution is -2.30. The summed E-state index contributed by atoms with van der Waals surface area (Å²) in [5.74, 6) is -0.503. The number of halogens is 1. The number of carbonyl (C=O) groups is 1. The van der Waals surface area contributed by atoms with Gasteiger partial charge in [-0.1, -0.05) is 0 Å². The highest BCUT2D eigenvalue weighted by atomic mass is 19.1. The van der Waals surface area contributed by atoms with Crippen molar-refractivity contribution in [1.82, 2.24) is 0 Å². The minimum Gasteiger partial charge on any atom is -0.377 e. The first-order valence-corrected chi connectivity index (χ1v) is 7.57. The van der Waals surface area contributed by atoms with Crippen LogP contribution in [0, 0.1) is 0 Å². The van der Waals surface area contributed by atoms with Crippen LogP contribution in [0.5, 0.6) is 0 Å². The van der Waals surface area contributed by atoms with Crippen LogP contribution < -0.4 is 5.73 Å². The van der Waals surface area contributed by atoms with E-state index in [4.69, 9.17) is 24.7 Å². The minimum absolute atomic E-state index is 0.0478. The number of carbonyl (C=O) groups excluding carboxylic acids is 1. The lowest BCUT2D eigenvalue weighted by atomic mass is 10.2. The van der Waals surface area contributed by atoms with Crippen LogP contribution in [0.4, 0.5) is 4.39 Å². The normalized spacial score (nSPS) is 13.7. The van der Waals surface area contributed by atoms with Gasteiger partial charge in [0.05, 0.1) is 52.4 Å². The second-order valence-electron chi connectivity index (χ2n) is 4.56. The molecule has 0 rings (SSSR count). The van der Waals surface area contributed by atoms with Gasteiger partial charge >= 0.3 is 5.97 Å². The van der Waals surface area contributed by atoms with Gasteiger partial charge in [0.15, 0.2) is 0 Å². The quantitative estimate of drug-likeness (QED) is 0.242. The zero-order chi connectivity index (χ0) is 17.3. The fraction of sp³-hybridized carbons (Fsp3) is 0.929. The number of hydrogen-bond donors (Lipinski definition) is 1. The Labute approximate surface area is 136 Å². The molecule has 0 aromatic carbocycles. The first-order chi connectivity index (χ1) is 11.1. The monoisotopic (exact) mass is 341 g/mol. The van der Waals surface area contributed by atoms with Crippen LogP contribution in [0.2, 0.25) is 0 Å². The molecule has 8 nitrogen and oxygen atoms in total. The zero-order valence-corrected chi connectivity index (χ0v) is 13.8. The van der Waals surface area contributed by atoms with Crippen LogP contribution in [0.1, 0.15) is 13.8 Å². The maximum atomic E-state index is 13.1. The lowest BCUT2D eigenvalue weighted by Gasteiger charge is -2.15. The molecule has 0 aliphatic rings. The van der Waals surface area contributed by atoms with E-state index in [1.165, 1.54) is 6.92 Å². The van der Waals surface area contributed by atoms with E-state index in [-0.39, 0.29) is 13.2 Å². The van der Waals surface area contributed by atoms with Crippen molar-refractivity contribution in [3.8, 4) is 0 Å². The molecule has 0 radical (unpaired) electrons. The summed E-state index contributed by atoms with van der Waals surface area (Å²) in [5, 5.41) is 0. The predicted octanol–water partition coefficient (Wildman–Crippen LogP) is 0.233. The molecule has 2 N–H and O–H groups in total. The third kappa shape index (κ3) is 15.8. The molecule has 23 heavy (non-hydrogen) atoms. The summed E-state index contributed by atoms with van der Waals surface area (Å²) in [6, 6.07) is 0. The summed E-state index contributed by atoms with van der Waals surface area (Å²) >= 11 is 0. The Balaban J connectivity index is 3.12. The minimum atomic E-state index is -1.15. The van der Waals surface area contributed by atoms with Gasteiger partial charge in [0.1, 0.15) is 12.8 Å². The Kier molecular flexibility index (Phi) is 15.4. The van der Waals surface area contributed by atoms with Gasteiger partial charge in [-0.15, -0.1) is 0 Å². The van der Waals surface area contributed by atoms with E-state index in [0.717, 1.165) is 0 Å². The van der Waals surface area contributed by atoms with Gasteiger partial charge in [0.25, 0.3) is 0 Å². The SMILES string of the molecule is CC(=O)OOCCOCCOCCOCCOC(C)C(F)CN. The molecule has 0 aliphatic heterocycles. The fourth-order valence-corrected chi connectivity index (χ4v) is 1.35. The van der Waals surface area contributed by atoms with Gasteiger partial charge in [-0.2, -0.15) is 4.89 Å². The molecule has 0 amide bonds.